The van der Waals surface area contributed by atoms with E-state index in [4.69, 9.17) is 0 Å². The molecule has 0 aromatic heterocycles. The molecule has 0 aliphatic heterocycles. The lowest BCUT2D eigenvalue weighted by Gasteiger charge is -2.22. The molecule has 0 heteroatoms. The average Bonchev–Trinajstić information content (AvgIpc) is 3.29. The minimum atomic E-state index is 1.20. The molecule has 10 aromatic carbocycles. The van der Waals surface area contributed by atoms with Crippen LogP contribution in [0.15, 0.2) is 231 Å². The molecular formula is C56H38. The van der Waals surface area contributed by atoms with Gasteiger partial charge in [0, 0.05) is 0 Å². The first-order valence-corrected chi connectivity index (χ1v) is 19.3. The van der Waals surface area contributed by atoms with Crippen molar-refractivity contribution in [3.63, 3.8) is 0 Å². The number of hydrogen-bond donors (Lipinski definition) is 0. The second-order valence-corrected chi connectivity index (χ2v) is 14.4. The summed E-state index contributed by atoms with van der Waals surface area (Å²) >= 11 is 0. The van der Waals surface area contributed by atoms with Gasteiger partial charge in [0.15, 0.2) is 0 Å². The molecule has 262 valence electrons. The molecule has 10 aromatic rings. The summed E-state index contributed by atoms with van der Waals surface area (Å²) in [5.41, 5.74) is 17.0. The van der Waals surface area contributed by atoms with E-state index in [9.17, 15) is 0 Å². The molecule has 0 aliphatic carbocycles. The zero-order chi connectivity index (χ0) is 37.3. The van der Waals surface area contributed by atoms with E-state index in [0.29, 0.717) is 0 Å². The van der Waals surface area contributed by atoms with Gasteiger partial charge < -0.3 is 0 Å². The van der Waals surface area contributed by atoms with E-state index >= 15 is 0 Å². The Hall–Kier alpha value is -7.28. The summed E-state index contributed by atoms with van der Waals surface area (Å²) in [4.78, 5) is 0. The van der Waals surface area contributed by atoms with Crippen molar-refractivity contribution in [2.75, 3.05) is 0 Å². The normalized spacial score (nSPS) is 11.2. The number of fused-ring (bicyclic) bond motifs is 2. The molecule has 0 unspecified atom stereocenters. The first kappa shape index (κ1) is 33.3. The van der Waals surface area contributed by atoms with Gasteiger partial charge in [0.25, 0.3) is 0 Å². The highest BCUT2D eigenvalue weighted by Crippen LogP contribution is 2.49. The van der Waals surface area contributed by atoms with Gasteiger partial charge in [0.1, 0.15) is 0 Å². The van der Waals surface area contributed by atoms with Crippen LogP contribution in [0.2, 0.25) is 0 Å². The van der Waals surface area contributed by atoms with Crippen LogP contribution in [-0.4, -0.2) is 0 Å². The summed E-state index contributed by atoms with van der Waals surface area (Å²) in [5, 5.41) is 4.93. The summed E-state index contributed by atoms with van der Waals surface area (Å²) < 4.78 is 0. The van der Waals surface area contributed by atoms with Crippen molar-refractivity contribution in [3.8, 4) is 77.9 Å². The average molecular weight is 711 g/mol. The Balaban J connectivity index is 1.32. The smallest absolute Gasteiger partial charge is 0.00199 e. The van der Waals surface area contributed by atoms with E-state index in [1.165, 1.54) is 99.4 Å². The zero-order valence-electron chi connectivity index (χ0n) is 30.9. The maximum absolute atomic E-state index is 2.43. The lowest BCUT2D eigenvalue weighted by atomic mass is 9.80. The molecule has 0 aliphatic rings. The largest absolute Gasteiger partial charge is 0.0622 e. The molecule has 0 spiro atoms. The van der Waals surface area contributed by atoms with Crippen LogP contribution in [0.1, 0.15) is 0 Å². The molecule has 0 bridgehead atoms. The van der Waals surface area contributed by atoms with E-state index in [1.54, 1.807) is 0 Å². The van der Waals surface area contributed by atoms with Gasteiger partial charge in [-0.2, -0.15) is 0 Å². The Labute approximate surface area is 328 Å². The molecule has 56 heavy (non-hydrogen) atoms. The van der Waals surface area contributed by atoms with Crippen LogP contribution in [0, 0.1) is 0 Å². The van der Waals surface area contributed by atoms with Crippen molar-refractivity contribution < 1.29 is 0 Å². The fraction of sp³-hybridized carbons (Fsp3) is 0. The first-order valence-electron chi connectivity index (χ1n) is 19.3. The Morgan fingerprint density at radius 1 is 0.161 bits per heavy atom. The highest BCUT2D eigenvalue weighted by atomic mass is 14.3. The number of hydrogen-bond acceptors (Lipinski definition) is 0. The van der Waals surface area contributed by atoms with Crippen LogP contribution in [0.3, 0.4) is 0 Å². The molecular weight excluding hydrogens is 673 g/mol. The van der Waals surface area contributed by atoms with Gasteiger partial charge in [-0.15, -0.1) is 0 Å². The third kappa shape index (κ3) is 6.08. The monoisotopic (exact) mass is 710 g/mol. The van der Waals surface area contributed by atoms with Gasteiger partial charge in [-0.05, 0) is 118 Å². The Morgan fingerprint density at radius 3 is 0.875 bits per heavy atom. The van der Waals surface area contributed by atoms with Crippen molar-refractivity contribution >= 4 is 21.5 Å². The minimum absolute atomic E-state index is 1.20. The van der Waals surface area contributed by atoms with Crippen molar-refractivity contribution in [3.05, 3.63) is 231 Å². The maximum Gasteiger partial charge on any atom is -0.00199 e. The Morgan fingerprint density at radius 2 is 0.464 bits per heavy atom. The van der Waals surface area contributed by atoms with Crippen molar-refractivity contribution in [2.24, 2.45) is 0 Å². The first-order chi connectivity index (χ1) is 27.8. The summed E-state index contributed by atoms with van der Waals surface area (Å²) in [6.45, 7) is 0. The second-order valence-electron chi connectivity index (χ2n) is 14.4. The quantitative estimate of drug-likeness (QED) is 0.144. The molecule has 0 saturated carbocycles. The fourth-order valence-corrected chi connectivity index (χ4v) is 8.43. The van der Waals surface area contributed by atoms with Crippen LogP contribution in [0.4, 0.5) is 0 Å². The molecule has 10 rings (SSSR count). The lowest BCUT2D eigenvalue weighted by Crippen LogP contribution is -1.95. The topological polar surface area (TPSA) is 0 Å². The third-order valence-corrected chi connectivity index (χ3v) is 11.1. The second kappa shape index (κ2) is 14.5. The minimum Gasteiger partial charge on any atom is -0.0622 e. The van der Waals surface area contributed by atoms with Crippen molar-refractivity contribution in [1.29, 1.82) is 0 Å². The van der Waals surface area contributed by atoms with Crippen LogP contribution in [0.5, 0.6) is 0 Å². The van der Waals surface area contributed by atoms with Gasteiger partial charge in [-0.1, -0.05) is 212 Å². The van der Waals surface area contributed by atoms with Crippen molar-refractivity contribution in [1.82, 2.24) is 0 Å². The summed E-state index contributed by atoms with van der Waals surface area (Å²) in [6.07, 6.45) is 0. The lowest BCUT2D eigenvalue weighted by molar-refractivity contribution is 1.57. The molecule has 0 N–H and O–H groups in total. The Bertz CT molecular complexity index is 2970. The predicted molar refractivity (Wildman–Crippen MR) is 240 cm³/mol. The molecule has 0 heterocycles. The molecule has 0 radical (unpaired) electrons. The van der Waals surface area contributed by atoms with E-state index in [2.05, 4.69) is 231 Å². The molecule has 0 saturated heterocycles. The van der Waals surface area contributed by atoms with Gasteiger partial charge in [-0.25, -0.2) is 0 Å². The Kier molecular flexibility index (Phi) is 8.63. The highest BCUT2D eigenvalue weighted by Gasteiger charge is 2.22. The van der Waals surface area contributed by atoms with E-state index in [0.717, 1.165) is 0 Å². The fourth-order valence-electron chi connectivity index (χ4n) is 8.43. The van der Waals surface area contributed by atoms with Crippen LogP contribution < -0.4 is 0 Å². The van der Waals surface area contributed by atoms with Gasteiger partial charge in [0.2, 0.25) is 0 Å². The number of rotatable bonds is 7. The van der Waals surface area contributed by atoms with Crippen molar-refractivity contribution in [2.45, 2.75) is 0 Å². The molecule has 0 amide bonds. The van der Waals surface area contributed by atoms with Gasteiger partial charge in [-0.3, -0.25) is 0 Å². The summed E-state index contributed by atoms with van der Waals surface area (Å²) in [6, 6.07) is 84.1. The van der Waals surface area contributed by atoms with Crippen LogP contribution >= 0.6 is 0 Å². The van der Waals surface area contributed by atoms with E-state index in [1.807, 2.05) is 0 Å². The van der Waals surface area contributed by atoms with Crippen LogP contribution in [0.25, 0.3) is 99.4 Å². The van der Waals surface area contributed by atoms with Gasteiger partial charge in [0.05, 0.1) is 0 Å². The third-order valence-electron chi connectivity index (χ3n) is 11.1. The number of benzene rings is 10. The standard InChI is InChI=1S/C56H38/c1-6-18-39(19-7-1)44-30-33-49(52(36-44)42-24-12-4-13-25-42)55-47-28-16-17-29-48(47)56(54-38-46(32-35-51(54)55)41-22-10-3-11-23-41)50-34-31-45(40-20-8-2-9-21-40)37-53(50)43-26-14-5-15-27-43/h1-38H. The molecule has 0 atom stereocenters. The zero-order valence-corrected chi connectivity index (χ0v) is 30.9. The predicted octanol–water partition coefficient (Wildman–Crippen LogP) is 15.7. The van der Waals surface area contributed by atoms with Gasteiger partial charge >= 0.3 is 0 Å². The highest BCUT2D eigenvalue weighted by molar-refractivity contribution is 6.24. The summed E-state index contributed by atoms with van der Waals surface area (Å²) in [7, 11) is 0. The van der Waals surface area contributed by atoms with E-state index < -0.39 is 0 Å². The molecule has 0 fully saturated rings. The van der Waals surface area contributed by atoms with Crippen LogP contribution in [-0.2, 0) is 0 Å². The SMILES string of the molecule is c1ccc(-c2ccc(-c3c4ccccc4c(-c4ccc(-c5ccccc5)cc4-c4ccccc4)c4cc(-c5ccccc5)ccc34)c(-c3ccccc3)c2)cc1. The summed E-state index contributed by atoms with van der Waals surface area (Å²) in [5.74, 6) is 0. The van der Waals surface area contributed by atoms with E-state index in [-0.39, 0.29) is 0 Å². The molecule has 0 nitrogen and oxygen atoms in total. The maximum atomic E-state index is 2.43.